The second kappa shape index (κ2) is 10.2. The van der Waals surface area contributed by atoms with Gasteiger partial charge in [-0.15, -0.1) is 0 Å². The average molecular weight is 377 g/mol. The minimum Gasteiger partial charge on any atom is -0.387 e. The first-order chi connectivity index (χ1) is 13.6. The summed E-state index contributed by atoms with van der Waals surface area (Å²) in [6, 6.07) is 28.3. The zero-order chi connectivity index (χ0) is 19.8. The Hall–Kier alpha value is -2.50. The fourth-order valence-corrected chi connectivity index (χ4v) is 3.30. The number of rotatable bonds is 9. The van der Waals surface area contributed by atoms with E-state index in [1.165, 1.54) is 0 Å². The van der Waals surface area contributed by atoms with Crippen LogP contribution in [0.4, 0.5) is 0 Å². The van der Waals surface area contributed by atoms with Gasteiger partial charge in [0.05, 0.1) is 18.3 Å². The van der Waals surface area contributed by atoms with Crippen molar-refractivity contribution in [3.05, 3.63) is 108 Å². The maximum absolute atomic E-state index is 10.7. The lowest BCUT2D eigenvalue weighted by Gasteiger charge is -2.29. The lowest BCUT2D eigenvalue weighted by atomic mass is 10.1. The summed E-state index contributed by atoms with van der Waals surface area (Å²) in [7, 11) is 0. The molecule has 3 N–H and O–H groups in total. The summed E-state index contributed by atoms with van der Waals surface area (Å²) in [5, 5.41) is 32.0. The van der Waals surface area contributed by atoms with E-state index in [1.807, 2.05) is 95.9 Å². The number of benzene rings is 3. The molecule has 3 aromatic carbocycles. The maximum Gasteiger partial charge on any atom is 0.0916 e. The summed E-state index contributed by atoms with van der Waals surface area (Å²) in [4.78, 5) is 1.91. The molecule has 0 heterocycles. The van der Waals surface area contributed by atoms with E-state index in [4.69, 9.17) is 0 Å². The van der Waals surface area contributed by atoms with Crippen LogP contribution in [0.2, 0.25) is 0 Å². The van der Waals surface area contributed by atoms with Gasteiger partial charge in [-0.05, 0) is 16.7 Å². The van der Waals surface area contributed by atoms with Gasteiger partial charge in [0.25, 0.3) is 0 Å². The lowest BCUT2D eigenvalue weighted by Crippen LogP contribution is -2.36. The Morgan fingerprint density at radius 2 is 0.714 bits per heavy atom. The molecule has 0 unspecified atom stereocenters. The Morgan fingerprint density at radius 1 is 0.464 bits per heavy atom. The van der Waals surface area contributed by atoms with Crippen LogP contribution in [0, 0.1) is 0 Å². The molecule has 0 bridgehead atoms. The molecule has 0 aliphatic carbocycles. The van der Waals surface area contributed by atoms with E-state index in [1.54, 1.807) is 0 Å². The van der Waals surface area contributed by atoms with Crippen molar-refractivity contribution >= 4 is 0 Å². The van der Waals surface area contributed by atoms with Crippen molar-refractivity contribution in [3.8, 4) is 0 Å². The third-order valence-corrected chi connectivity index (χ3v) is 4.85. The minimum atomic E-state index is -0.702. The Morgan fingerprint density at radius 3 is 0.964 bits per heavy atom. The van der Waals surface area contributed by atoms with Gasteiger partial charge < -0.3 is 15.3 Å². The van der Waals surface area contributed by atoms with Crippen LogP contribution in [0.15, 0.2) is 91.0 Å². The van der Waals surface area contributed by atoms with Crippen LogP contribution < -0.4 is 0 Å². The zero-order valence-corrected chi connectivity index (χ0v) is 15.8. The van der Waals surface area contributed by atoms with Crippen molar-refractivity contribution in [1.29, 1.82) is 0 Å². The van der Waals surface area contributed by atoms with Gasteiger partial charge in [0.2, 0.25) is 0 Å². The summed E-state index contributed by atoms with van der Waals surface area (Å²) in [5.74, 6) is 0. The normalized spacial score (nSPS) is 14.6. The summed E-state index contributed by atoms with van der Waals surface area (Å²) in [6.45, 7) is 0.952. The SMILES string of the molecule is O[C@H](CN(C[C@@H](O)c1ccccc1)C[C@@H](O)c1ccccc1)c1ccccc1. The Bertz CT molecular complexity index is 698. The maximum atomic E-state index is 10.7. The van der Waals surface area contributed by atoms with Gasteiger partial charge in [0.1, 0.15) is 0 Å². The molecule has 28 heavy (non-hydrogen) atoms. The third kappa shape index (κ3) is 5.75. The highest BCUT2D eigenvalue weighted by Crippen LogP contribution is 2.21. The number of nitrogens with zero attached hydrogens (tertiary/aromatic N) is 1. The lowest BCUT2D eigenvalue weighted by molar-refractivity contribution is 0.0370. The van der Waals surface area contributed by atoms with E-state index in [0.717, 1.165) is 16.7 Å². The van der Waals surface area contributed by atoms with Gasteiger partial charge in [-0.2, -0.15) is 0 Å². The third-order valence-electron chi connectivity index (χ3n) is 4.85. The fourth-order valence-electron chi connectivity index (χ4n) is 3.30. The van der Waals surface area contributed by atoms with Crippen molar-refractivity contribution in [1.82, 2.24) is 4.90 Å². The van der Waals surface area contributed by atoms with E-state index in [9.17, 15) is 15.3 Å². The van der Waals surface area contributed by atoms with Crippen LogP contribution in [0.3, 0.4) is 0 Å². The summed E-state index contributed by atoms with van der Waals surface area (Å²) >= 11 is 0. The smallest absolute Gasteiger partial charge is 0.0916 e. The van der Waals surface area contributed by atoms with Crippen LogP contribution >= 0.6 is 0 Å². The van der Waals surface area contributed by atoms with Crippen LogP contribution in [0.25, 0.3) is 0 Å². The molecule has 0 saturated heterocycles. The molecule has 0 radical (unpaired) electrons. The first-order valence-electron chi connectivity index (χ1n) is 9.55. The largest absolute Gasteiger partial charge is 0.387 e. The van der Waals surface area contributed by atoms with Gasteiger partial charge in [-0.25, -0.2) is 0 Å². The molecular weight excluding hydrogens is 350 g/mol. The topological polar surface area (TPSA) is 63.9 Å². The van der Waals surface area contributed by atoms with E-state index in [0.29, 0.717) is 19.6 Å². The first-order valence-corrected chi connectivity index (χ1v) is 9.55. The van der Waals surface area contributed by atoms with Crippen LogP contribution in [-0.2, 0) is 0 Å². The quantitative estimate of drug-likeness (QED) is 0.534. The monoisotopic (exact) mass is 377 g/mol. The van der Waals surface area contributed by atoms with Crippen molar-refractivity contribution in [2.45, 2.75) is 18.3 Å². The van der Waals surface area contributed by atoms with Crippen molar-refractivity contribution in [3.63, 3.8) is 0 Å². The van der Waals surface area contributed by atoms with Gasteiger partial charge in [0, 0.05) is 19.6 Å². The molecule has 4 heteroatoms. The molecule has 0 spiro atoms. The van der Waals surface area contributed by atoms with Crippen molar-refractivity contribution in [2.24, 2.45) is 0 Å². The Labute approximate surface area is 166 Å². The molecule has 0 fully saturated rings. The van der Waals surface area contributed by atoms with Crippen LogP contribution in [0.5, 0.6) is 0 Å². The van der Waals surface area contributed by atoms with Crippen molar-refractivity contribution < 1.29 is 15.3 Å². The average Bonchev–Trinajstić information content (AvgIpc) is 2.75. The van der Waals surface area contributed by atoms with E-state index in [2.05, 4.69) is 0 Å². The molecule has 0 amide bonds. The Balaban J connectivity index is 1.73. The van der Waals surface area contributed by atoms with Gasteiger partial charge in [-0.1, -0.05) is 91.0 Å². The molecule has 3 atom stereocenters. The number of hydrogen-bond donors (Lipinski definition) is 3. The highest BCUT2D eigenvalue weighted by Gasteiger charge is 2.21. The summed E-state index contributed by atoms with van der Waals surface area (Å²) < 4.78 is 0. The Kier molecular flexibility index (Phi) is 7.34. The van der Waals surface area contributed by atoms with E-state index < -0.39 is 18.3 Å². The second-order valence-corrected chi connectivity index (χ2v) is 7.00. The molecule has 0 aliphatic heterocycles. The van der Waals surface area contributed by atoms with Gasteiger partial charge in [-0.3, -0.25) is 4.90 Å². The zero-order valence-electron chi connectivity index (χ0n) is 15.8. The molecular formula is C24H27NO3. The van der Waals surface area contributed by atoms with Crippen molar-refractivity contribution in [2.75, 3.05) is 19.6 Å². The van der Waals surface area contributed by atoms with E-state index >= 15 is 0 Å². The summed E-state index contributed by atoms with van der Waals surface area (Å²) in [5.41, 5.74) is 2.45. The van der Waals surface area contributed by atoms with Crippen LogP contribution in [-0.4, -0.2) is 39.9 Å². The highest BCUT2D eigenvalue weighted by molar-refractivity contribution is 5.20. The predicted octanol–water partition coefficient (Wildman–Crippen LogP) is 3.49. The molecule has 3 aromatic rings. The number of hydrogen-bond acceptors (Lipinski definition) is 4. The molecule has 0 aliphatic rings. The minimum absolute atomic E-state index is 0.317. The molecule has 146 valence electrons. The molecule has 0 aromatic heterocycles. The number of aliphatic hydroxyl groups is 3. The highest BCUT2D eigenvalue weighted by atomic mass is 16.3. The second-order valence-electron chi connectivity index (χ2n) is 7.00. The summed E-state index contributed by atoms with van der Waals surface area (Å²) in [6.07, 6.45) is -2.11. The van der Waals surface area contributed by atoms with Gasteiger partial charge >= 0.3 is 0 Å². The van der Waals surface area contributed by atoms with Crippen LogP contribution in [0.1, 0.15) is 35.0 Å². The number of aliphatic hydroxyl groups excluding tert-OH is 3. The molecule has 4 nitrogen and oxygen atoms in total. The molecule has 3 rings (SSSR count). The fraction of sp³-hybridized carbons (Fsp3) is 0.250. The standard InChI is InChI=1S/C24H27NO3/c26-22(19-10-4-1-5-11-19)16-25(17-23(27)20-12-6-2-7-13-20)18-24(28)21-14-8-3-9-15-21/h1-15,22-24,26-28H,16-18H2/t22-,23-,24-/m1/s1. The predicted molar refractivity (Wildman–Crippen MR) is 111 cm³/mol. The van der Waals surface area contributed by atoms with Gasteiger partial charge in [0.15, 0.2) is 0 Å². The molecule has 0 saturated carbocycles. The first kappa shape index (κ1) is 20.2. The van der Waals surface area contributed by atoms with E-state index in [-0.39, 0.29) is 0 Å².